The number of rotatable bonds is 6. The molecule has 0 aromatic rings. The van der Waals surface area contributed by atoms with Crippen molar-refractivity contribution >= 4 is 14.3 Å². The summed E-state index contributed by atoms with van der Waals surface area (Å²) in [5.41, 5.74) is 0. The highest BCUT2D eigenvalue weighted by molar-refractivity contribution is 6.74. The lowest BCUT2D eigenvalue weighted by Gasteiger charge is -2.37. The Bertz CT molecular complexity index is 307. The van der Waals surface area contributed by atoms with Gasteiger partial charge in [-0.25, -0.2) is 0 Å². The molecule has 1 aliphatic heterocycles. The summed E-state index contributed by atoms with van der Waals surface area (Å²) in [4.78, 5) is 11.5. The number of carbonyl (C=O) groups is 1. The molecule has 0 aromatic carbocycles. The van der Waals surface area contributed by atoms with Crippen LogP contribution in [0.1, 0.15) is 53.4 Å². The molecule has 1 fully saturated rings. The number of esters is 1. The molecule has 0 bridgehead atoms. The van der Waals surface area contributed by atoms with Gasteiger partial charge in [-0.15, -0.1) is 0 Å². The molecule has 1 aliphatic rings. The monoisotopic (exact) mass is 286 g/mol. The Kier molecular flexibility index (Phi) is 5.62. The molecular formula is C15H30O3Si. The standard InChI is InChI=1S/C15H30O3Si/c1-7-8-9-12-10-14(16)18-13(12)11-17-19(5,6)15(2,3)4/h12-13H,7-11H2,1-6H3/t12-,13+/m0/s1. The number of cyclic esters (lactones) is 1. The largest absolute Gasteiger partial charge is 0.460 e. The van der Waals surface area contributed by atoms with Gasteiger partial charge in [-0.3, -0.25) is 4.79 Å². The highest BCUT2D eigenvalue weighted by atomic mass is 28.4. The lowest BCUT2D eigenvalue weighted by molar-refractivity contribution is -0.142. The number of hydrogen-bond acceptors (Lipinski definition) is 3. The summed E-state index contributed by atoms with van der Waals surface area (Å²) in [6.07, 6.45) is 3.96. The van der Waals surface area contributed by atoms with Crippen molar-refractivity contribution in [1.82, 2.24) is 0 Å². The van der Waals surface area contributed by atoms with Gasteiger partial charge in [0.1, 0.15) is 6.10 Å². The fraction of sp³-hybridized carbons (Fsp3) is 0.933. The van der Waals surface area contributed by atoms with Gasteiger partial charge in [0.15, 0.2) is 8.32 Å². The van der Waals surface area contributed by atoms with E-state index in [2.05, 4.69) is 40.8 Å². The Balaban J connectivity index is 2.53. The molecule has 0 N–H and O–H groups in total. The van der Waals surface area contributed by atoms with E-state index in [1.807, 2.05) is 0 Å². The molecule has 19 heavy (non-hydrogen) atoms. The fourth-order valence-electron chi connectivity index (χ4n) is 2.09. The second-order valence-corrected chi connectivity index (χ2v) is 12.0. The predicted molar refractivity (Wildman–Crippen MR) is 80.7 cm³/mol. The average molecular weight is 286 g/mol. The zero-order valence-electron chi connectivity index (χ0n) is 13.4. The molecule has 112 valence electrons. The van der Waals surface area contributed by atoms with Gasteiger partial charge in [-0.05, 0) is 24.6 Å². The molecule has 0 radical (unpaired) electrons. The molecule has 0 aliphatic carbocycles. The van der Waals surface area contributed by atoms with Gasteiger partial charge in [-0.1, -0.05) is 40.5 Å². The number of carbonyl (C=O) groups excluding carboxylic acids is 1. The maximum absolute atomic E-state index is 11.5. The van der Waals surface area contributed by atoms with E-state index in [1.165, 1.54) is 6.42 Å². The molecule has 0 saturated carbocycles. The van der Waals surface area contributed by atoms with Crippen LogP contribution in [0.5, 0.6) is 0 Å². The molecule has 2 atom stereocenters. The zero-order valence-corrected chi connectivity index (χ0v) is 14.4. The van der Waals surface area contributed by atoms with E-state index >= 15 is 0 Å². The normalized spacial score (nSPS) is 24.6. The van der Waals surface area contributed by atoms with Gasteiger partial charge < -0.3 is 9.16 Å². The van der Waals surface area contributed by atoms with Crippen molar-refractivity contribution in [3.8, 4) is 0 Å². The molecule has 3 nitrogen and oxygen atoms in total. The first-order valence-electron chi connectivity index (χ1n) is 7.51. The summed E-state index contributed by atoms with van der Waals surface area (Å²) in [5.74, 6) is 0.308. The van der Waals surface area contributed by atoms with Crippen molar-refractivity contribution in [2.24, 2.45) is 5.92 Å². The van der Waals surface area contributed by atoms with Crippen molar-refractivity contribution in [3.63, 3.8) is 0 Å². The Labute approximate surface area is 119 Å². The minimum Gasteiger partial charge on any atom is -0.460 e. The summed E-state index contributed by atoms with van der Waals surface area (Å²) < 4.78 is 11.6. The quantitative estimate of drug-likeness (QED) is 0.544. The van der Waals surface area contributed by atoms with E-state index in [9.17, 15) is 4.79 Å². The van der Waals surface area contributed by atoms with Crippen molar-refractivity contribution < 1.29 is 14.0 Å². The third kappa shape index (κ3) is 4.60. The van der Waals surface area contributed by atoms with Crippen LogP contribution in [0.15, 0.2) is 0 Å². The first kappa shape index (κ1) is 16.7. The van der Waals surface area contributed by atoms with Crippen molar-refractivity contribution in [3.05, 3.63) is 0 Å². The Morgan fingerprint density at radius 3 is 2.53 bits per heavy atom. The van der Waals surface area contributed by atoms with Gasteiger partial charge in [-0.2, -0.15) is 0 Å². The number of hydrogen-bond donors (Lipinski definition) is 0. The van der Waals surface area contributed by atoms with Crippen LogP contribution in [0.2, 0.25) is 18.1 Å². The summed E-state index contributed by atoms with van der Waals surface area (Å²) >= 11 is 0. The lowest BCUT2D eigenvalue weighted by atomic mass is 9.95. The smallest absolute Gasteiger partial charge is 0.306 e. The van der Waals surface area contributed by atoms with Gasteiger partial charge in [0, 0.05) is 5.92 Å². The van der Waals surface area contributed by atoms with Crippen LogP contribution in [-0.2, 0) is 14.0 Å². The van der Waals surface area contributed by atoms with Crippen LogP contribution in [0.3, 0.4) is 0 Å². The molecule has 4 heteroatoms. The Morgan fingerprint density at radius 2 is 2.00 bits per heavy atom. The number of unbranched alkanes of at least 4 members (excludes halogenated alkanes) is 1. The summed E-state index contributed by atoms with van der Waals surface area (Å²) in [7, 11) is -1.75. The second-order valence-electron chi connectivity index (χ2n) is 7.21. The molecule has 0 unspecified atom stereocenters. The topological polar surface area (TPSA) is 35.5 Å². The summed E-state index contributed by atoms with van der Waals surface area (Å²) in [6.45, 7) is 13.9. The molecule has 1 saturated heterocycles. The highest BCUT2D eigenvalue weighted by Gasteiger charge is 2.40. The lowest BCUT2D eigenvalue weighted by Crippen LogP contribution is -2.43. The van der Waals surface area contributed by atoms with E-state index in [0.717, 1.165) is 12.8 Å². The minimum absolute atomic E-state index is 0.0202. The molecule has 0 aromatic heterocycles. The van der Waals surface area contributed by atoms with Gasteiger partial charge in [0.2, 0.25) is 0 Å². The van der Waals surface area contributed by atoms with E-state index in [0.29, 0.717) is 18.9 Å². The minimum atomic E-state index is -1.75. The van der Waals surface area contributed by atoms with E-state index in [-0.39, 0.29) is 17.1 Å². The maximum Gasteiger partial charge on any atom is 0.306 e. The van der Waals surface area contributed by atoms with E-state index < -0.39 is 8.32 Å². The van der Waals surface area contributed by atoms with Crippen LogP contribution >= 0.6 is 0 Å². The van der Waals surface area contributed by atoms with Crippen molar-refractivity contribution in [1.29, 1.82) is 0 Å². The van der Waals surface area contributed by atoms with Gasteiger partial charge in [0.25, 0.3) is 0 Å². The molecule has 1 rings (SSSR count). The third-order valence-electron chi connectivity index (χ3n) is 4.58. The SMILES string of the molecule is CCCC[C@H]1CC(=O)O[C@@H]1CO[Si](C)(C)C(C)(C)C. The summed E-state index contributed by atoms with van der Waals surface area (Å²) in [6, 6.07) is 0. The molecular weight excluding hydrogens is 256 g/mol. The molecule has 0 spiro atoms. The average Bonchev–Trinajstić information content (AvgIpc) is 2.63. The molecule has 1 heterocycles. The first-order chi connectivity index (χ1) is 8.67. The van der Waals surface area contributed by atoms with E-state index in [4.69, 9.17) is 9.16 Å². The summed E-state index contributed by atoms with van der Waals surface area (Å²) in [5, 5.41) is 0.203. The molecule has 0 amide bonds. The second kappa shape index (κ2) is 6.40. The number of ether oxygens (including phenoxy) is 1. The Morgan fingerprint density at radius 1 is 1.37 bits per heavy atom. The van der Waals surface area contributed by atoms with Gasteiger partial charge >= 0.3 is 5.97 Å². The third-order valence-corrected chi connectivity index (χ3v) is 9.08. The van der Waals surface area contributed by atoms with Crippen LogP contribution in [0, 0.1) is 5.92 Å². The highest BCUT2D eigenvalue weighted by Crippen LogP contribution is 2.37. The predicted octanol–water partition coefficient (Wildman–Crippen LogP) is 4.13. The van der Waals surface area contributed by atoms with E-state index in [1.54, 1.807) is 0 Å². The van der Waals surface area contributed by atoms with Gasteiger partial charge in [0.05, 0.1) is 13.0 Å². The van der Waals surface area contributed by atoms with Crippen LogP contribution in [0.25, 0.3) is 0 Å². The van der Waals surface area contributed by atoms with Crippen molar-refractivity contribution in [2.45, 2.75) is 77.6 Å². The van der Waals surface area contributed by atoms with Crippen molar-refractivity contribution in [2.75, 3.05) is 6.61 Å². The first-order valence-corrected chi connectivity index (χ1v) is 10.4. The Hall–Kier alpha value is -0.353. The van der Waals surface area contributed by atoms with Crippen LogP contribution < -0.4 is 0 Å². The maximum atomic E-state index is 11.5. The van der Waals surface area contributed by atoms with Crippen LogP contribution in [-0.4, -0.2) is 27.0 Å². The zero-order chi connectivity index (χ0) is 14.7. The van der Waals surface area contributed by atoms with Crippen LogP contribution in [0.4, 0.5) is 0 Å². The fourth-order valence-corrected chi connectivity index (χ4v) is 3.10.